The molecule has 1 aromatic rings. The Bertz CT molecular complexity index is 321. The smallest absolute Gasteiger partial charge is 0.395 e. The maximum Gasteiger partial charge on any atom is 0.416 e. The Labute approximate surface area is 92.1 Å². The number of hydrogen-bond acceptors (Lipinski definition) is 2. The number of aliphatic hydroxyl groups is 1. The molecule has 0 aliphatic rings. The molecule has 0 aliphatic carbocycles. The molecule has 1 unspecified atom stereocenters. The van der Waals surface area contributed by atoms with Crippen molar-refractivity contribution in [3.63, 3.8) is 0 Å². The van der Waals surface area contributed by atoms with Gasteiger partial charge in [0.15, 0.2) is 0 Å². The first kappa shape index (κ1) is 13.0. The number of nitrogens with one attached hydrogen (secondary N) is 1. The van der Waals surface area contributed by atoms with Crippen molar-refractivity contribution in [3.05, 3.63) is 35.4 Å². The molecule has 2 N–H and O–H groups in total. The summed E-state index contributed by atoms with van der Waals surface area (Å²) in [5, 5.41) is 11.7. The topological polar surface area (TPSA) is 32.3 Å². The third-order valence-electron chi connectivity index (χ3n) is 2.21. The van der Waals surface area contributed by atoms with E-state index in [2.05, 4.69) is 5.32 Å². The molecule has 0 aliphatic heterocycles. The largest absolute Gasteiger partial charge is 0.416 e. The van der Waals surface area contributed by atoms with Gasteiger partial charge in [0.2, 0.25) is 0 Å². The second-order valence-electron chi connectivity index (χ2n) is 3.66. The fourth-order valence-electron chi connectivity index (χ4n) is 1.17. The summed E-state index contributed by atoms with van der Waals surface area (Å²) in [6.45, 7) is 2.24. The summed E-state index contributed by atoms with van der Waals surface area (Å²) in [4.78, 5) is 0. The van der Waals surface area contributed by atoms with Gasteiger partial charge in [-0.2, -0.15) is 13.2 Å². The van der Waals surface area contributed by atoms with Crippen LogP contribution in [-0.4, -0.2) is 17.8 Å². The van der Waals surface area contributed by atoms with Gasteiger partial charge in [-0.3, -0.25) is 0 Å². The summed E-state index contributed by atoms with van der Waals surface area (Å²) >= 11 is 0. The van der Waals surface area contributed by atoms with Crippen LogP contribution in [0.25, 0.3) is 0 Å². The van der Waals surface area contributed by atoms with Gasteiger partial charge in [0.25, 0.3) is 0 Å². The number of halogens is 3. The van der Waals surface area contributed by atoms with Crippen molar-refractivity contribution < 1.29 is 18.3 Å². The average molecular weight is 233 g/mol. The highest BCUT2D eigenvalue weighted by Gasteiger charge is 2.29. The van der Waals surface area contributed by atoms with Crippen molar-refractivity contribution in [2.45, 2.75) is 25.7 Å². The Morgan fingerprint density at radius 1 is 1.25 bits per heavy atom. The van der Waals surface area contributed by atoms with E-state index in [0.29, 0.717) is 6.54 Å². The van der Waals surface area contributed by atoms with E-state index in [9.17, 15) is 13.2 Å². The molecule has 0 amide bonds. The highest BCUT2D eigenvalue weighted by atomic mass is 19.4. The van der Waals surface area contributed by atoms with Gasteiger partial charge in [-0.05, 0) is 24.6 Å². The second-order valence-corrected chi connectivity index (χ2v) is 3.66. The molecule has 0 aromatic heterocycles. The molecule has 90 valence electrons. The normalized spacial score (nSPS) is 13.8. The van der Waals surface area contributed by atoms with Crippen LogP contribution < -0.4 is 5.32 Å². The van der Waals surface area contributed by atoms with Crippen molar-refractivity contribution in [1.29, 1.82) is 0 Å². The Kier molecular flexibility index (Phi) is 4.32. The fraction of sp³-hybridized carbons (Fsp3) is 0.455. The van der Waals surface area contributed by atoms with Crippen molar-refractivity contribution in [2.24, 2.45) is 0 Å². The number of hydrogen-bond donors (Lipinski definition) is 2. The summed E-state index contributed by atoms with van der Waals surface area (Å²) in [6.07, 6.45) is -4.29. The number of rotatable bonds is 4. The van der Waals surface area contributed by atoms with E-state index in [1.54, 1.807) is 6.92 Å². The van der Waals surface area contributed by atoms with E-state index in [-0.39, 0.29) is 12.6 Å². The van der Waals surface area contributed by atoms with Crippen LogP contribution in [0.4, 0.5) is 13.2 Å². The Morgan fingerprint density at radius 3 is 2.25 bits per heavy atom. The zero-order valence-electron chi connectivity index (χ0n) is 8.88. The minimum atomic E-state index is -4.29. The summed E-state index contributed by atoms with van der Waals surface area (Å²) in [5.41, 5.74) is 0.111. The molecule has 0 saturated heterocycles. The third-order valence-corrected chi connectivity index (χ3v) is 2.21. The van der Waals surface area contributed by atoms with E-state index in [1.807, 2.05) is 0 Å². The standard InChI is InChI=1S/C11H14F3NO/c1-8(7-16)15-6-9-2-4-10(5-3-9)11(12,13)14/h2-5,8,15-16H,6-7H2,1H3. The van der Waals surface area contributed by atoms with Crippen LogP contribution in [0.2, 0.25) is 0 Å². The lowest BCUT2D eigenvalue weighted by Gasteiger charge is -2.11. The first-order chi connectivity index (χ1) is 7.43. The summed E-state index contributed by atoms with van der Waals surface area (Å²) in [5.74, 6) is 0. The summed E-state index contributed by atoms with van der Waals surface area (Å²) in [6, 6.07) is 4.91. The van der Waals surface area contributed by atoms with E-state index < -0.39 is 11.7 Å². The summed E-state index contributed by atoms with van der Waals surface area (Å²) in [7, 11) is 0. The van der Waals surface area contributed by atoms with Crippen LogP contribution in [0.1, 0.15) is 18.1 Å². The molecular formula is C11H14F3NO. The molecule has 1 atom stereocenters. The molecule has 5 heteroatoms. The molecule has 1 rings (SSSR count). The lowest BCUT2D eigenvalue weighted by atomic mass is 10.1. The number of aliphatic hydroxyl groups excluding tert-OH is 1. The minimum Gasteiger partial charge on any atom is -0.395 e. The lowest BCUT2D eigenvalue weighted by molar-refractivity contribution is -0.137. The maximum atomic E-state index is 12.2. The van der Waals surface area contributed by atoms with Gasteiger partial charge in [-0.1, -0.05) is 12.1 Å². The van der Waals surface area contributed by atoms with Crippen LogP contribution in [-0.2, 0) is 12.7 Å². The minimum absolute atomic E-state index is 0.000630. The molecule has 0 fully saturated rings. The van der Waals surface area contributed by atoms with Crippen molar-refractivity contribution in [2.75, 3.05) is 6.61 Å². The molecule has 16 heavy (non-hydrogen) atoms. The lowest BCUT2D eigenvalue weighted by Crippen LogP contribution is -2.28. The SMILES string of the molecule is CC(CO)NCc1ccc(C(F)(F)F)cc1. The molecule has 0 radical (unpaired) electrons. The Balaban J connectivity index is 2.58. The zero-order valence-corrected chi connectivity index (χ0v) is 8.88. The summed E-state index contributed by atoms with van der Waals surface area (Å²) < 4.78 is 36.7. The van der Waals surface area contributed by atoms with Gasteiger partial charge in [0, 0.05) is 12.6 Å². The molecule has 2 nitrogen and oxygen atoms in total. The molecule has 0 spiro atoms. The van der Waals surface area contributed by atoms with Gasteiger partial charge in [-0.15, -0.1) is 0 Å². The Hall–Kier alpha value is -1.07. The van der Waals surface area contributed by atoms with E-state index in [1.165, 1.54) is 12.1 Å². The van der Waals surface area contributed by atoms with E-state index in [0.717, 1.165) is 17.7 Å². The predicted octanol–water partition coefficient (Wildman–Crippen LogP) is 2.18. The van der Waals surface area contributed by atoms with Crippen LogP contribution in [0.5, 0.6) is 0 Å². The van der Waals surface area contributed by atoms with Crippen LogP contribution in [0, 0.1) is 0 Å². The third kappa shape index (κ3) is 3.83. The highest BCUT2D eigenvalue weighted by Crippen LogP contribution is 2.28. The zero-order chi connectivity index (χ0) is 12.2. The monoisotopic (exact) mass is 233 g/mol. The van der Waals surface area contributed by atoms with Crippen LogP contribution in [0.3, 0.4) is 0 Å². The highest BCUT2D eigenvalue weighted by molar-refractivity contribution is 5.24. The van der Waals surface area contributed by atoms with E-state index in [4.69, 9.17) is 5.11 Å². The average Bonchev–Trinajstić information content (AvgIpc) is 2.25. The van der Waals surface area contributed by atoms with Crippen molar-refractivity contribution in [1.82, 2.24) is 5.32 Å². The first-order valence-electron chi connectivity index (χ1n) is 4.94. The molecule has 0 saturated carbocycles. The second kappa shape index (κ2) is 5.32. The van der Waals surface area contributed by atoms with Crippen molar-refractivity contribution >= 4 is 0 Å². The van der Waals surface area contributed by atoms with Gasteiger partial charge in [0.05, 0.1) is 12.2 Å². The molecule has 0 bridgehead atoms. The van der Waals surface area contributed by atoms with E-state index >= 15 is 0 Å². The van der Waals surface area contributed by atoms with Gasteiger partial charge < -0.3 is 10.4 Å². The predicted molar refractivity (Wildman–Crippen MR) is 54.8 cm³/mol. The maximum absolute atomic E-state index is 12.2. The fourth-order valence-corrected chi connectivity index (χ4v) is 1.17. The Morgan fingerprint density at radius 2 is 1.81 bits per heavy atom. The van der Waals surface area contributed by atoms with Gasteiger partial charge >= 0.3 is 6.18 Å². The van der Waals surface area contributed by atoms with Gasteiger partial charge in [0.1, 0.15) is 0 Å². The first-order valence-corrected chi connectivity index (χ1v) is 4.94. The molecular weight excluding hydrogens is 219 g/mol. The quantitative estimate of drug-likeness (QED) is 0.835. The molecule has 0 heterocycles. The van der Waals surface area contributed by atoms with Crippen molar-refractivity contribution in [3.8, 4) is 0 Å². The van der Waals surface area contributed by atoms with Crippen LogP contribution >= 0.6 is 0 Å². The number of alkyl halides is 3. The van der Waals surface area contributed by atoms with Gasteiger partial charge in [-0.25, -0.2) is 0 Å². The van der Waals surface area contributed by atoms with Crippen LogP contribution in [0.15, 0.2) is 24.3 Å². The molecule has 1 aromatic carbocycles. The number of benzene rings is 1.